The van der Waals surface area contributed by atoms with E-state index in [2.05, 4.69) is 247 Å². The van der Waals surface area contributed by atoms with Crippen molar-refractivity contribution >= 4 is 131 Å². The summed E-state index contributed by atoms with van der Waals surface area (Å²) < 4.78 is 91.7. The number of carbonyl (C=O) groups is 6. The van der Waals surface area contributed by atoms with Gasteiger partial charge in [0.2, 0.25) is 0 Å². The summed E-state index contributed by atoms with van der Waals surface area (Å²) in [5.41, 5.74) is 0. The number of carbonyl (C=O) groups excluding carboxylic acids is 6. The second kappa shape index (κ2) is 47.0. The third kappa shape index (κ3) is 22.1. The van der Waals surface area contributed by atoms with Crippen LogP contribution in [0.1, 0.15) is 137 Å². The topological polar surface area (TPSA) is 250 Å². The molecule has 780 valence electrons. The van der Waals surface area contributed by atoms with Gasteiger partial charge in [0.15, 0.2) is 76.4 Å². The van der Waals surface area contributed by atoms with Crippen LogP contribution >= 0.6 is 10.5 Å². The van der Waals surface area contributed by atoms with Gasteiger partial charge in [0.25, 0.3) is 0 Å². The molecule has 4 saturated carbocycles. The summed E-state index contributed by atoms with van der Waals surface area (Å²) in [6.07, 6.45) is 18.2. The Bertz CT molecular complexity index is 6350. The van der Waals surface area contributed by atoms with Crippen LogP contribution in [-0.4, -0.2) is 209 Å². The summed E-state index contributed by atoms with van der Waals surface area (Å²) in [7, 11) is 2.06. The number of ether oxygens (including phenoxy) is 16. The van der Waals surface area contributed by atoms with Crippen molar-refractivity contribution in [2.75, 3.05) is 69.8 Å². The molecule has 11 aromatic carbocycles. The first kappa shape index (κ1) is 103. The Morgan fingerprint density at radius 3 is 1.01 bits per heavy atom. The molecule has 30 rings (SSSR count). The molecule has 15 heterocycles. The second-order valence-electron chi connectivity index (χ2n) is 42.0. The summed E-state index contributed by atoms with van der Waals surface area (Å²) >= 11 is 0. The van der Waals surface area contributed by atoms with E-state index in [-0.39, 0.29) is 174 Å². The van der Waals surface area contributed by atoms with E-state index in [1.807, 2.05) is 12.1 Å². The highest BCUT2D eigenvalue weighted by atomic mass is 32.2. The Labute approximate surface area is 883 Å². The lowest BCUT2D eigenvalue weighted by Gasteiger charge is -2.53. The van der Waals surface area contributed by atoms with Crippen molar-refractivity contribution in [1.29, 1.82) is 0 Å². The van der Waals surface area contributed by atoms with Gasteiger partial charge < -0.3 is 75.8 Å². The van der Waals surface area contributed by atoms with Crippen LogP contribution in [0.3, 0.4) is 0 Å². The largest absolute Gasteiger partial charge is 0.481 e. The number of methoxy groups -OCH3 is 1. The summed E-state index contributed by atoms with van der Waals surface area (Å²) in [6.45, 7) is 10.2. The first-order chi connectivity index (χ1) is 73.1. The molecule has 0 radical (unpaired) electrons. The molecular weight excluding hydrogens is 1960 g/mol. The van der Waals surface area contributed by atoms with E-state index in [9.17, 15) is 28.8 Å². The zero-order valence-electron chi connectivity index (χ0n) is 85.4. The fourth-order valence-electron chi connectivity index (χ4n) is 26.0. The van der Waals surface area contributed by atoms with Gasteiger partial charge in [0.05, 0.1) is 93.3 Å². The van der Waals surface area contributed by atoms with Crippen LogP contribution in [0.5, 0.6) is 11.5 Å². The average Bonchev–Trinajstić information content (AvgIpc) is 1.61. The van der Waals surface area contributed by atoms with Crippen molar-refractivity contribution in [1.82, 2.24) is 0 Å². The van der Waals surface area contributed by atoms with Crippen molar-refractivity contribution in [3.8, 4) is 16.4 Å². The first-order valence-corrected chi connectivity index (χ1v) is 59.7. The Hall–Kier alpha value is -10.4. The second-order valence-corrected chi connectivity index (χ2v) is 50.4. The molecule has 12 bridgehead atoms. The molecule has 20 unspecified atom stereocenters. The maximum atomic E-state index is 12.7. The van der Waals surface area contributed by atoms with Crippen LogP contribution in [0.25, 0.3) is 57.4 Å². The molecule has 14 saturated heterocycles. The monoisotopic (exact) mass is 2090 g/mol. The molecule has 18 fully saturated rings. The van der Waals surface area contributed by atoms with E-state index in [1.165, 1.54) is 159 Å². The molecule has 0 amide bonds. The minimum atomic E-state index is -0.360. The van der Waals surface area contributed by atoms with E-state index in [0.717, 1.165) is 86.2 Å². The number of benzene rings is 11. The summed E-state index contributed by atoms with van der Waals surface area (Å²) in [4.78, 5) is 77.1. The molecule has 12 aromatic rings. The lowest BCUT2D eigenvalue weighted by molar-refractivity contribution is -0.172. The quantitative estimate of drug-likeness (QED) is 0.0368. The van der Waals surface area contributed by atoms with Gasteiger partial charge in [-0.15, -0.1) is 0 Å². The number of hydrogen-bond acceptors (Lipinski definition) is 22. The normalized spacial score (nSPS) is 30.1. The van der Waals surface area contributed by atoms with Crippen molar-refractivity contribution in [2.24, 2.45) is 47.3 Å². The van der Waals surface area contributed by atoms with Crippen molar-refractivity contribution in [2.45, 2.75) is 265 Å². The molecule has 0 spiro atoms. The molecule has 0 N–H and O–H groups in total. The summed E-state index contributed by atoms with van der Waals surface area (Å²) in [5.74, 6) is 10.7. The lowest BCUT2D eigenvalue weighted by atomic mass is 9.55. The molecule has 14 aliphatic heterocycles. The van der Waals surface area contributed by atoms with Crippen molar-refractivity contribution < 1.29 is 105 Å². The molecule has 22 nitrogen and oxygen atoms in total. The van der Waals surface area contributed by atoms with E-state index < -0.39 is 0 Å². The highest BCUT2D eigenvalue weighted by Crippen LogP contribution is 2.57. The molecule has 18 aliphatic rings. The average molecular weight is 2090 g/mol. The highest BCUT2D eigenvalue weighted by molar-refractivity contribution is 7.98. The zero-order chi connectivity index (χ0) is 102. The number of hydrogen-bond donors (Lipinski definition) is 0. The first-order valence-electron chi connectivity index (χ1n) is 54.2. The minimum Gasteiger partial charge on any atom is -0.481 e. The molecule has 149 heavy (non-hydrogen) atoms. The number of thiophene rings is 1. The Morgan fingerprint density at radius 2 is 0.631 bits per heavy atom. The SMILES string of the molecule is CCC(=O)OC1C2CC3COC1C3O2.CCC(=O)OC1C2CC3COC1C3O2.CCC(=O)OC1C2CC3COC1C3O2.CCC(=O)OC1C2CC3COC1C3O2.COC(=O)COc1ccc([S+]2CCCC2)c2ccccc12.O=C(COc1ccc([S+]2CCCC2)c2ccccc12)OC1C2CC3CC(C2)CC1C3.c1ccc(-[s+]2c3ccccc3c3ccccc32)cc1.c1ccc([S+](c2ccccc2)c2cccc3ccccc23)cc1. The number of rotatable bonds is 21. The lowest BCUT2D eigenvalue weighted by Crippen LogP contribution is -2.50. The molecular formula is C123H136O22S4+4. The van der Waals surface area contributed by atoms with Gasteiger partial charge in [0.1, 0.15) is 65.0 Å². The number of esters is 6. The van der Waals surface area contributed by atoms with Gasteiger partial charge in [-0.3, -0.25) is 19.2 Å². The third-order valence-electron chi connectivity index (χ3n) is 32.7. The van der Waals surface area contributed by atoms with Crippen molar-refractivity contribution in [3.05, 3.63) is 255 Å². The van der Waals surface area contributed by atoms with Crippen LogP contribution < -0.4 is 9.47 Å². The third-order valence-corrected chi connectivity index (χ3v) is 42.4. The van der Waals surface area contributed by atoms with E-state index in [1.54, 1.807) is 27.7 Å². The molecule has 4 aliphatic carbocycles. The smallest absolute Gasteiger partial charge is 0.344 e. The maximum absolute atomic E-state index is 12.7. The predicted octanol–water partition coefficient (Wildman–Crippen LogP) is 22.2. The fourth-order valence-corrected chi connectivity index (χ4v) is 35.7. The van der Waals surface area contributed by atoms with Gasteiger partial charge in [-0.1, -0.05) is 173 Å². The van der Waals surface area contributed by atoms with Gasteiger partial charge in [-0.05, 0) is 222 Å². The highest BCUT2D eigenvalue weighted by Gasteiger charge is 2.64. The van der Waals surface area contributed by atoms with Gasteiger partial charge >= 0.3 is 35.8 Å². The summed E-state index contributed by atoms with van der Waals surface area (Å²) in [6, 6.07) is 90.5. The molecule has 26 heteroatoms. The summed E-state index contributed by atoms with van der Waals surface area (Å²) in [5, 5.41) is 10.2. The van der Waals surface area contributed by atoms with Gasteiger partial charge in [-0.2, -0.15) is 0 Å². The zero-order valence-corrected chi connectivity index (χ0v) is 88.7. The predicted molar refractivity (Wildman–Crippen MR) is 578 cm³/mol. The van der Waals surface area contributed by atoms with Crippen LogP contribution in [-0.2, 0) is 128 Å². The Balaban J connectivity index is 0.0000000978. The molecule has 20 atom stereocenters. The van der Waals surface area contributed by atoms with Gasteiger partial charge in [-0.25, -0.2) is 9.59 Å². The molecule has 1 aromatic heterocycles. The van der Waals surface area contributed by atoms with Crippen LogP contribution in [0.2, 0.25) is 0 Å². The Kier molecular flexibility index (Phi) is 32.5. The van der Waals surface area contributed by atoms with E-state index >= 15 is 0 Å². The maximum Gasteiger partial charge on any atom is 0.344 e. The van der Waals surface area contributed by atoms with Crippen LogP contribution in [0, 0.1) is 47.3 Å². The Morgan fingerprint density at radius 1 is 0.302 bits per heavy atom. The minimum absolute atomic E-state index is 0.00856. The van der Waals surface area contributed by atoms with E-state index in [4.69, 9.17) is 71.1 Å². The van der Waals surface area contributed by atoms with Crippen molar-refractivity contribution in [3.63, 3.8) is 0 Å². The fraction of sp³-hybridized carbons (Fsp3) is 0.463. The standard InChI is InChI=1S/C26H31O3S.C22H17S.C18H13S.C17H19O3S.4C10H14O4/c27-25(29-26-19-12-17-11-18(14-19)15-20(26)13-17)16-28-23-7-8-24(30-9-3-4-10-30)22-6-2-1-5-21(22)23;1-3-12-19(13-4-1)23(20-14-5-2-6-15-20)22-17-9-11-18-10-7-8-16-21(18)22;1-2-8-14(9-3-1)19-17-12-6-4-10-15(17)16-11-5-7-13-18(16)19;1-19-17(18)12-20-15-8-9-16(21-10-4-5-11-21)14-7-3-2-6-13(14)15;4*1-2-7(11)14-9-6-3-5-4-12-10(9)8(5)13-6/h1-2,5-8,17-20,26H,3-4,9-16H2;1-17H;1-13H;2-3,6-9H,4-5,10-12H2,1H3;4*5-6,8-10H,2-4H2,1H3/q4*+1;;;;. The number of fused-ring (bicyclic) bond motifs is 10. The van der Waals surface area contributed by atoms with E-state index in [0.29, 0.717) is 83.0 Å². The van der Waals surface area contributed by atoms with Crippen LogP contribution in [0.15, 0.2) is 279 Å². The van der Waals surface area contributed by atoms with Gasteiger partial charge in [0, 0.05) is 119 Å². The van der Waals surface area contributed by atoms with Crippen LogP contribution in [0.4, 0.5) is 0 Å².